The number of carbonyl (C=O) groups is 1. The van der Waals surface area contributed by atoms with Gasteiger partial charge in [-0.05, 0) is 25.1 Å². The highest BCUT2D eigenvalue weighted by atomic mass is 35.5. The highest BCUT2D eigenvalue weighted by Crippen LogP contribution is 2.18. The molecule has 0 unspecified atom stereocenters. The number of carbonyl (C=O) groups excluding carboxylic acids is 1. The van der Waals surface area contributed by atoms with Gasteiger partial charge < -0.3 is 10.1 Å². The molecule has 0 saturated heterocycles. The van der Waals surface area contributed by atoms with E-state index >= 15 is 0 Å². The molecule has 0 spiro atoms. The zero-order valence-electron chi connectivity index (χ0n) is 10.6. The molecule has 1 amide bonds. The van der Waals surface area contributed by atoms with Crippen molar-refractivity contribution >= 4 is 34.8 Å². The second kappa shape index (κ2) is 6.54. The predicted octanol–water partition coefficient (Wildman–Crippen LogP) is 3.43. The maximum absolute atomic E-state index is 12.0. The minimum atomic E-state index is -0.384. The monoisotopic (exact) mass is 311 g/mol. The van der Waals surface area contributed by atoms with Crippen molar-refractivity contribution in [1.29, 1.82) is 0 Å². The predicted molar refractivity (Wildman–Crippen MR) is 77.6 cm³/mol. The molecule has 2 aromatic rings. The Balaban J connectivity index is 2.11. The van der Waals surface area contributed by atoms with Crippen LogP contribution in [-0.2, 0) is 0 Å². The third-order valence-electron chi connectivity index (χ3n) is 2.35. The summed E-state index contributed by atoms with van der Waals surface area (Å²) in [6, 6.07) is 6.36. The summed E-state index contributed by atoms with van der Waals surface area (Å²) in [5.74, 6) is 0.113. The molecule has 0 saturated carbocycles. The zero-order chi connectivity index (χ0) is 14.5. The van der Waals surface area contributed by atoms with Crippen molar-refractivity contribution in [2.24, 2.45) is 0 Å². The molecule has 7 heteroatoms. The van der Waals surface area contributed by atoms with E-state index in [-0.39, 0.29) is 21.8 Å². The molecule has 0 atom stereocenters. The first-order chi connectivity index (χ1) is 9.60. The summed E-state index contributed by atoms with van der Waals surface area (Å²) in [5.41, 5.74) is 0.773. The Hall–Kier alpha value is -1.85. The molecule has 0 aromatic carbocycles. The summed E-state index contributed by atoms with van der Waals surface area (Å²) in [5, 5.41) is 2.94. The molecular formula is C13H11Cl2N3O2. The third-order valence-corrected chi connectivity index (χ3v) is 2.84. The van der Waals surface area contributed by atoms with Gasteiger partial charge in [-0.1, -0.05) is 23.2 Å². The molecule has 0 fully saturated rings. The number of nitrogens with zero attached hydrogens (tertiary/aromatic N) is 2. The number of halogens is 2. The number of aromatic nitrogens is 2. The van der Waals surface area contributed by atoms with Crippen LogP contribution in [0.4, 0.5) is 5.69 Å². The first-order valence-corrected chi connectivity index (χ1v) is 6.58. The van der Waals surface area contributed by atoms with Gasteiger partial charge >= 0.3 is 0 Å². The number of nitrogens with one attached hydrogen (secondary N) is 1. The van der Waals surface area contributed by atoms with E-state index in [0.717, 1.165) is 0 Å². The van der Waals surface area contributed by atoms with Gasteiger partial charge in [-0.3, -0.25) is 4.79 Å². The molecule has 1 N–H and O–H groups in total. The minimum Gasteiger partial charge on any atom is -0.478 e. The van der Waals surface area contributed by atoms with Gasteiger partial charge in [0.25, 0.3) is 5.91 Å². The summed E-state index contributed by atoms with van der Waals surface area (Å²) >= 11 is 11.5. The lowest BCUT2D eigenvalue weighted by Gasteiger charge is -2.07. The van der Waals surface area contributed by atoms with Gasteiger partial charge in [-0.2, -0.15) is 0 Å². The fourth-order valence-electron chi connectivity index (χ4n) is 1.47. The summed E-state index contributed by atoms with van der Waals surface area (Å²) < 4.78 is 5.21. The van der Waals surface area contributed by atoms with E-state index in [4.69, 9.17) is 27.9 Å². The van der Waals surface area contributed by atoms with Crippen LogP contribution in [0.1, 0.15) is 17.3 Å². The van der Waals surface area contributed by atoms with Crippen molar-refractivity contribution in [2.45, 2.75) is 6.92 Å². The van der Waals surface area contributed by atoms with Crippen molar-refractivity contribution in [2.75, 3.05) is 11.9 Å². The molecule has 0 aliphatic carbocycles. The minimum absolute atomic E-state index is 0.0499. The Bertz CT molecular complexity index is 618. The van der Waals surface area contributed by atoms with Crippen LogP contribution < -0.4 is 10.1 Å². The van der Waals surface area contributed by atoms with E-state index in [1.165, 1.54) is 18.3 Å². The van der Waals surface area contributed by atoms with Gasteiger partial charge in [-0.15, -0.1) is 0 Å². The number of hydrogen-bond acceptors (Lipinski definition) is 4. The van der Waals surface area contributed by atoms with Crippen LogP contribution in [0.5, 0.6) is 5.88 Å². The van der Waals surface area contributed by atoms with E-state index in [1.807, 2.05) is 6.92 Å². The fraction of sp³-hybridized carbons (Fsp3) is 0.154. The molecule has 0 radical (unpaired) electrons. The Labute approximate surface area is 125 Å². The normalized spacial score (nSPS) is 10.2. The van der Waals surface area contributed by atoms with Gasteiger partial charge in [0.05, 0.1) is 24.1 Å². The highest BCUT2D eigenvalue weighted by Gasteiger charge is 2.12. The molecule has 5 nitrogen and oxygen atoms in total. The van der Waals surface area contributed by atoms with Crippen LogP contribution in [0.25, 0.3) is 0 Å². The number of hydrogen-bond donors (Lipinski definition) is 1. The lowest BCUT2D eigenvalue weighted by molar-refractivity contribution is 0.102. The van der Waals surface area contributed by atoms with Crippen molar-refractivity contribution in [3.63, 3.8) is 0 Å². The lowest BCUT2D eigenvalue weighted by Crippen LogP contribution is -2.13. The number of amides is 1. The van der Waals surface area contributed by atoms with Crippen LogP contribution in [-0.4, -0.2) is 22.5 Å². The molecule has 0 aliphatic rings. The average Bonchev–Trinajstić information content (AvgIpc) is 2.41. The maximum atomic E-state index is 12.0. The van der Waals surface area contributed by atoms with E-state index in [2.05, 4.69) is 15.3 Å². The quantitative estimate of drug-likeness (QED) is 0.879. The molecule has 2 rings (SSSR count). The Morgan fingerprint density at radius 1 is 1.30 bits per heavy atom. The van der Waals surface area contributed by atoms with E-state index in [9.17, 15) is 4.79 Å². The van der Waals surface area contributed by atoms with Crippen molar-refractivity contribution < 1.29 is 9.53 Å². The number of anilines is 1. The van der Waals surface area contributed by atoms with Gasteiger partial charge in [0.2, 0.25) is 5.88 Å². The largest absolute Gasteiger partial charge is 0.478 e. The number of ether oxygens (including phenoxy) is 1. The molecule has 104 valence electrons. The SMILES string of the molecule is CCOc1ccc(NC(=O)c2ccc(Cl)nc2Cl)cn1. The summed E-state index contributed by atoms with van der Waals surface area (Å²) in [6.45, 7) is 2.40. The number of rotatable bonds is 4. The van der Waals surface area contributed by atoms with Gasteiger partial charge in [0.15, 0.2) is 0 Å². The second-order valence-electron chi connectivity index (χ2n) is 3.74. The lowest BCUT2D eigenvalue weighted by atomic mass is 10.2. The van der Waals surface area contributed by atoms with Crippen LogP contribution in [0, 0.1) is 0 Å². The second-order valence-corrected chi connectivity index (χ2v) is 4.49. The van der Waals surface area contributed by atoms with E-state index in [1.54, 1.807) is 12.1 Å². The molecule has 20 heavy (non-hydrogen) atoms. The molecule has 0 bridgehead atoms. The summed E-state index contributed by atoms with van der Waals surface area (Å²) in [7, 11) is 0. The maximum Gasteiger partial charge on any atom is 0.258 e. The third kappa shape index (κ3) is 3.59. The van der Waals surface area contributed by atoms with Crippen LogP contribution in [0.3, 0.4) is 0 Å². The molecule has 0 aliphatic heterocycles. The van der Waals surface area contributed by atoms with E-state index < -0.39 is 0 Å². The molecule has 2 heterocycles. The first-order valence-electron chi connectivity index (χ1n) is 5.82. The van der Waals surface area contributed by atoms with Crippen LogP contribution in [0.2, 0.25) is 10.3 Å². The standard InChI is InChI=1S/C13H11Cl2N3O2/c1-2-20-11-6-3-8(7-16-11)17-13(19)9-4-5-10(14)18-12(9)15/h3-7H,2H2,1H3,(H,17,19). The Morgan fingerprint density at radius 2 is 2.10 bits per heavy atom. The summed E-state index contributed by atoms with van der Waals surface area (Å²) in [6.07, 6.45) is 1.50. The molecular weight excluding hydrogens is 301 g/mol. The van der Waals surface area contributed by atoms with Crippen LogP contribution >= 0.6 is 23.2 Å². The Morgan fingerprint density at radius 3 is 2.70 bits per heavy atom. The topological polar surface area (TPSA) is 64.1 Å². The summed E-state index contributed by atoms with van der Waals surface area (Å²) in [4.78, 5) is 19.9. The smallest absolute Gasteiger partial charge is 0.258 e. The van der Waals surface area contributed by atoms with Crippen molar-refractivity contribution in [1.82, 2.24) is 9.97 Å². The highest BCUT2D eigenvalue weighted by molar-refractivity contribution is 6.35. The van der Waals surface area contributed by atoms with Gasteiger partial charge in [-0.25, -0.2) is 9.97 Å². The van der Waals surface area contributed by atoms with Crippen LogP contribution in [0.15, 0.2) is 30.5 Å². The number of pyridine rings is 2. The molecule has 2 aromatic heterocycles. The zero-order valence-corrected chi connectivity index (χ0v) is 12.1. The van der Waals surface area contributed by atoms with Crippen molar-refractivity contribution in [3.05, 3.63) is 46.3 Å². The van der Waals surface area contributed by atoms with Crippen molar-refractivity contribution in [3.8, 4) is 5.88 Å². The van der Waals surface area contributed by atoms with E-state index in [0.29, 0.717) is 18.2 Å². The van der Waals surface area contributed by atoms with Gasteiger partial charge in [0, 0.05) is 6.07 Å². The average molecular weight is 312 g/mol. The van der Waals surface area contributed by atoms with Gasteiger partial charge in [0.1, 0.15) is 10.3 Å². The fourth-order valence-corrected chi connectivity index (χ4v) is 1.90. The Kier molecular flexibility index (Phi) is 4.76. The first kappa shape index (κ1) is 14.6.